The van der Waals surface area contributed by atoms with Crippen molar-refractivity contribution in [3.63, 3.8) is 0 Å². The van der Waals surface area contributed by atoms with Gasteiger partial charge in [0.15, 0.2) is 0 Å². The molecule has 0 aliphatic rings. The Labute approximate surface area is 96.6 Å². The number of likely N-dealkylation sites (N-methyl/N-ethyl adjacent to an activating group) is 1. The van der Waals surface area contributed by atoms with E-state index in [0.717, 1.165) is 12.2 Å². The normalized spacial score (nSPS) is 10.2. The monoisotopic (exact) mass is 221 g/mol. The molecule has 0 bridgehead atoms. The number of nitrogens with zero attached hydrogens (tertiary/aromatic N) is 1. The molecule has 0 unspecified atom stereocenters. The van der Waals surface area contributed by atoms with Crippen LogP contribution in [-0.2, 0) is 0 Å². The van der Waals surface area contributed by atoms with Crippen LogP contribution in [0.1, 0.15) is 10.4 Å². The van der Waals surface area contributed by atoms with Crippen molar-refractivity contribution in [3.05, 3.63) is 29.8 Å². The molecular weight excluding hydrogens is 202 g/mol. The van der Waals surface area contributed by atoms with Gasteiger partial charge < -0.3 is 15.5 Å². The lowest BCUT2D eigenvalue weighted by Gasteiger charge is -2.10. The number of hydrogen-bond donors (Lipinski definition) is 2. The van der Waals surface area contributed by atoms with Gasteiger partial charge in [0.05, 0.1) is 0 Å². The van der Waals surface area contributed by atoms with Crippen molar-refractivity contribution in [3.8, 4) is 0 Å². The molecule has 0 aliphatic heterocycles. The van der Waals surface area contributed by atoms with Gasteiger partial charge in [0.1, 0.15) is 0 Å². The lowest BCUT2D eigenvalue weighted by atomic mass is 10.2. The highest BCUT2D eigenvalue weighted by Gasteiger charge is 2.03. The number of anilines is 1. The number of rotatable bonds is 5. The van der Waals surface area contributed by atoms with Gasteiger partial charge in [-0.15, -0.1) is 0 Å². The molecule has 2 N–H and O–H groups in total. The molecule has 16 heavy (non-hydrogen) atoms. The van der Waals surface area contributed by atoms with Crippen LogP contribution in [0, 0.1) is 0 Å². The summed E-state index contributed by atoms with van der Waals surface area (Å²) in [6, 6.07) is 7.41. The van der Waals surface area contributed by atoms with Crippen LogP contribution in [0.2, 0.25) is 0 Å². The minimum atomic E-state index is -0.0236. The molecule has 0 saturated heterocycles. The summed E-state index contributed by atoms with van der Waals surface area (Å²) in [5.41, 5.74) is 1.70. The number of hydrogen-bond acceptors (Lipinski definition) is 3. The molecule has 0 radical (unpaired) electrons. The van der Waals surface area contributed by atoms with Gasteiger partial charge in [-0.25, -0.2) is 0 Å². The molecule has 0 heterocycles. The van der Waals surface area contributed by atoms with Gasteiger partial charge in [-0.2, -0.15) is 0 Å². The molecule has 0 aliphatic carbocycles. The molecule has 0 spiro atoms. The van der Waals surface area contributed by atoms with E-state index < -0.39 is 0 Å². The Bertz CT molecular complexity index is 333. The Kier molecular flexibility index (Phi) is 4.79. The Morgan fingerprint density at radius 3 is 2.38 bits per heavy atom. The van der Waals surface area contributed by atoms with Crippen LogP contribution in [0.4, 0.5) is 5.69 Å². The average Bonchev–Trinajstić information content (AvgIpc) is 2.28. The molecule has 4 nitrogen and oxygen atoms in total. The topological polar surface area (TPSA) is 44.4 Å². The number of carbonyl (C=O) groups excluding carboxylic acids is 1. The van der Waals surface area contributed by atoms with E-state index in [9.17, 15) is 4.79 Å². The van der Waals surface area contributed by atoms with Crippen LogP contribution in [0.15, 0.2) is 24.3 Å². The molecule has 88 valence electrons. The summed E-state index contributed by atoms with van der Waals surface area (Å²) in [5.74, 6) is -0.0236. The zero-order chi connectivity index (χ0) is 12.0. The first-order valence-electron chi connectivity index (χ1n) is 5.34. The lowest BCUT2D eigenvalue weighted by molar-refractivity contribution is 0.0951. The summed E-state index contributed by atoms with van der Waals surface area (Å²) < 4.78 is 0. The van der Waals surface area contributed by atoms with Gasteiger partial charge >= 0.3 is 0 Å². The lowest BCUT2D eigenvalue weighted by Crippen LogP contribution is -2.31. The van der Waals surface area contributed by atoms with E-state index in [1.165, 1.54) is 0 Å². The predicted molar refractivity (Wildman–Crippen MR) is 66.9 cm³/mol. The fourth-order valence-electron chi connectivity index (χ4n) is 1.28. The summed E-state index contributed by atoms with van der Waals surface area (Å²) in [4.78, 5) is 13.7. The van der Waals surface area contributed by atoms with E-state index in [2.05, 4.69) is 10.6 Å². The molecule has 1 amide bonds. The van der Waals surface area contributed by atoms with Crippen LogP contribution >= 0.6 is 0 Å². The third-order valence-electron chi connectivity index (χ3n) is 2.28. The highest BCUT2D eigenvalue weighted by atomic mass is 16.1. The SMILES string of the molecule is CNc1ccc(C(=O)NCCN(C)C)cc1. The Hall–Kier alpha value is -1.55. The minimum Gasteiger partial charge on any atom is -0.388 e. The van der Waals surface area contributed by atoms with Crippen molar-refractivity contribution in [2.24, 2.45) is 0 Å². The molecule has 0 fully saturated rings. The zero-order valence-corrected chi connectivity index (χ0v) is 10.1. The van der Waals surface area contributed by atoms with E-state index in [-0.39, 0.29) is 5.91 Å². The van der Waals surface area contributed by atoms with Gasteiger partial charge in [0, 0.05) is 31.4 Å². The fourth-order valence-corrected chi connectivity index (χ4v) is 1.28. The second kappa shape index (κ2) is 6.12. The molecule has 0 saturated carbocycles. The second-order valence-electron chi connectivity index (χ2n) is 3.89. The van der Waals surface area contributed by atoms with Crippen LogP contribution in [0.5, 0.6) is 0 Å². The van der Waals surface area contributed by atoms with Crippen LogP contribution in [-0.4, -0.2) is 45.0 Å². The zero-order valence-electron chi connectivity index (χ0n) is 10.1. The van der Waals surface area contributed by atoms with Crippen LogP contribution in [0.3, 0.4) is 0 Å². The molecule has 0 aromatic heterocycles. The highest BCUT2D eigenvalue weighted by Crippen LogP contribution is 2.08. The summed E-state index contributed by atoms with van der Waals surface area (Å²) in [5, 5.41) is 5.88. The van der Waals surface area contributed by atoms with Gasteiger partial charge in [0.2, 0.25) is 0 Å². The Morgan fingerprint density at radius 2 is 1.88 bits per heavy atom. The van der Waals surface area contributed by atoms with Crippen molar-refractivity contribution in [2.45, 2.75) is 0 Å². The van der Waals surface area contributed by atoms with Gasteiger partial charge in [-0.3, -0.25) is 4.79 Å². The summed E-state index contributed by atoms with van der Waals surface area (Å²) in [6.07, 6.45) is 0. The smallest absolute Gasteiger partial charge is 0.251 e. The molecule has 1 rings (SSSR count). The second-order valence-corrected chi connectivity index (χ2v) is 3.89. The average molecular weight is 221 g/mol. The third kappa shape index (κ3) is 3.90. The summed E-state index contributed by atoms with van der Waals surface area (Å²) in [7, 11) is 5.81. The first kappa shape index (κ1) is 12.5. The summed E-state index contributed by atoms with van der Waals surface area (Å²) >= 11 is 0. The van der Waals surface area contributed by atoms with Crippen molar-refractivity contribution in [2.75, 3.05) is 39.5 Å². The maximum absolute atomic E-state index is 11.7. The van der Waals surface area contributed by atoms with E-state index in [1.807, 2.05) is 50.3 Å². The van der Waals surface area contributed by atoms with E-state index in [1.54, 1.807) is 0 Å². The first-order valence-corrected chi connectivity index (χ1v) is 5.34. The van der Waals surface area contributed by atoms with Crippen molar-refractivity contribution in [1.29, 1.82) is 0 Å². The summed E-state index contributed by atoms with van der Waals surface area (Å²) in [6.45, 7) is 1.51. The van der Waals surface area contributed by atoms with E-state index >= 15 is 0 Å². The van der Waals surface area contributed by atoms with Crippen LogP contribution in [0.25, 0.3) is 0 Å². The molecule has 1 aromatic carbocycles. The maximum atomic E-state index is 11.7. The van der Waals surface area contributed by atoms with E-state index in [0.29, 0.717) is 12.1 Å². The van der Waals surface area contributed by atoms with Crippen molar-refractivity contribution in [1.82, 2.24) is 10.2 Å². The van der Waals surface area contributed by atoms with Gasteiger partial charge in [-0.05, 0) is 38.4 Å². The van der Waals surface area contributed by atoms with E-state index in [4.69, 9.17) is 0 Å². The molecule has 4 heteroatoms. The first-order chi connectivity index (χ1) is 7.63. The molecular formula is C12H19N3O. The number of nitrogens with one attached hydrogen (secondary N) is 2. The van der Waals surface area contributed by atoms with Crippen LogP contribution < -0.4 is 10.6 Å². The Morgan fingerprint density at radius 1 is 1.25 bits per heavy atom. The number of benzene rings is 1. The minimum absolute atomic E-state index is 0.0236. The third-order valence-corrected chi connectivity index (χ3v) is 2.28. The van der Waals surface area contributed by atoms with Gasteiger partial charge in [0.25, 0.3) is 5.91 Å². The van der Waals surface area contributed by atoms with Crippen molar-refractivity contribution >= 4 is 11.6 Å². The quantitative estimate of drug-likeness (QED) is 0.780. The standard InChI is InChI=1S/C12H19N3O/c1-13-11-6-4-10(5-7-11)12(16)14-8-9-15(2)3/h4-7,13H,8-9H2,1-3H3,(H,14,16). The number of amides is 1. The van der Waals surface area contributed by atoms with Gasteiger partial charge in [-0.1, -0.05) is 0 Å². The number of carbonyl (C=O) groups is 1. The fraction of sp³-hybridized carbons (Fsp3) is 0.417. The van der Waals surface area contributed by atoms with Crippen molar-refractivity contribution < 1.29 is 4.79 Å². The maximum Gasteiger partial charge on any atom is 0.251 e. The molecule has 1 aromatic rings. The predicted octanol–water partition coefficient (Wildman–Crippen LogP) is 1.02. The highest BCUT2D eigenvalue weighted by molar-refractivity contribution is 5.94. The molecule has 0 atom stereocenters. The largest absolute Gasteiger partial charge is 0.388 e. The Balaban J connectivity index is 2.46.